The third-order valence-electron chi connectivity index (χ3n) is 2.75. The van der Waals surface area contributed by atoms with Crippen molar-refractivity contribution in [3.05, 3.63) is 59.0 Å². The summed E-state index contributed by atoms with van der Waals surface area (Å²) in [5.41, 5.74) is 1.41. The fourth-order valence-electron chi connectivity index (χ4n) is 1.66. The van der Waals surface area contributed by atoms with Crippen LogP contribution in [0.5, 0.6) is 0 Å². The summed E-state index contributed by atoms with van der Waals surface area (Å²) in [6.07, 6.45) is 1.46. The third kappa shape index (κ3) is 3.01. The molecule has 1 aromatic heterocycles. The van der Waals surface area contributed by atoms with Gasteiger partial charge in [-0.15, -0.1) is 0 Å². The molecule has 2 rings (SSSR count). The molecule has 1 aromatic carbocycles. The number of hydrogen-bond donors (Lipinski definition) is 1. The summed E-state index contributed by atoms with van der Waals surface area (Å²) >= 11 is 0. The molecule has 0 aliphatic heterocycles. The van der Waals surface area contributed by atoms with E-state index in [0.717, 1.165) is 5.56 Å². The van der Waals surface area contributed by atoms with Gasteiger partial charge in [0, 0.05) is 6.54 Å². The van der Waals surface area contributed by atoms with Crippen LogP contribution in [0.15, 0.2) is 41.0 Å². The summed E-state index contributed by atoms with van der Waals surface area (Å²) in [6.45, 7) is 2.03. The second-order valence-corrected chi connectivity index (χ2v) is 4.06. The largest absolute Gasteiger partial charge is 0.545 e. The van der Waals surface area contributed by atoms with Crippen molar-refractivity contribution in [1.29, 1.82) is 0 Å². The lowest BCUT2D eigenvalue weighted by Gasteiger charge is -2.06. The first-order chi connectivity index (χ1) is 9.08. The highest BCUT2D eigenvalue weighted by atomic mass is 16.4. The molecule has 1 heterocycles. The summed E-state index contributed by atoms with van der Waals surface area (Å²) in [6, 6.07) is 7.75. The van der Waals surface area contributed by atoms with E-state index in [1.807, 2.05) is 0 Å². The van der Waals surface area contributed by atoms with Gasteiger partial charge in [-0.25, -0.2) is 0 Å². The fourth-order valence-corrected chi connectivity index (χ4v) is 1.66. The summed E-state index contributed by atoms with van der Waals surface area (Å²) in [4.78, 5) is 22.4. The summed E-state index contributed by atoms with van der Waals surface area (Å²) in [5, 5.41) is 13.3. The Hall–Kier alpha value is -2.56. The average molecular weight is 258 g/mol. The predicted molar refractivity (Wildman–Crippen MR) is 65.4 cm³/mol. The number of hydrogen-bond acceptors (Lipinski definition) is 4. The van der Waals surface area contributed by atoms with E-state index < -0.39 is 5.97 Å². The Morgan fingerprint density at radius 3 is 2.42 bits per heavy atom. The quantitative estimate of drug-likeness (QED) is 0.882. The SMILES string of the molecule is Cc1occc1C(=O)NCc1ccc(C(=O)[O-])cc1. The van der Waals surface area contributed by atoms with Crippen LogP contribution in [0.4, 0.5) is 0 Å². The average Bonchev–Trinajstić information content (AvgIpc) is 2.83. The summed E-state index contributed by atoms with van der Waals surface area (Å²) < 4.78 is 5.05. The van der Waals surface area contributed by atoms with Gasteiger partial charge in [0.15, 0.2) is 0 Å². The van der Waals surface area contributed by atoms with Gasteiger partial charge >= 0.3 is 0 Å². The minimum atomic E-state index is -1.22. The molecule has 0 spiro atoms. The Morgan fingerprint density at radius 2 is 1.89 bits per heavy atom. The van der Waals surface area contributed by atoms with E-state index in [1.54, 1.807) is 25.1 Å². The molecule has 19 heavy (non-hydrogen) atoms. The molecule has 5 heteroatoms. The molecule has 0 saturated carbocycles. The zero-order valence-corrected chi connectivity index (χ0v) is 10.3. The van der Waals surface area contributed by atoms with Crippen LogP contribution in [0, 0.1) is 6.92 Å². The number of carbonyl (C=O) groups is 2. The highest BCUT2D eigenvalue weighted by Crippen LogP contribution is 2.09. The van der Waals surface area contributed by atoms with E-state index in [2.05, 4.69) is 5.32 Å². The Labute approximate surface area is 109 Å². The van der Waals surface area contributed by atoms with Gasteiger partial charge in [-0.05, 0) is 24.1 Å². The minimum Gasteiger partial charge on any atom is -0.545 e. The third-order valence-corrected chi connectivity index (χ3v) is 2.75. The first kappa shape index (κ1) is 12.9. The first-order valence-corrected chi connectivity index (χ1v) is 5.70. The highest BCUT2D eigenvalue weighted by molar-refractivity contribution is 5.95. The second-order valence-electron chi connectivity index (χ2n) is 4.06. The molecule has 98 valence electrons. The van der Waals surface area contributed by atoms with Crippen LogP contribution in [-0.2, 0) is 6.54 Å². The second kappa shape index (κ2) is 5.39. The van der Waals surface area contributed by atoms with Crippen LogP contribution >= 0.6 is 0 Å². The Morgan fingerprint density at radius 1 is 1.21 bits per heavy atom. The van der Waals surface area contributed by atoms with Gasteiger partial charge in [0.1, 0.15) is 5.76 Å². The van der Waals surface area contributed by atoms with Crippen molar-refractivity contribution in [2.75, 3.05) is 0 Å². The van der Waals surface area contributed by atoms with E-state index in [4.69, 9.17) is 4.42 Å². The number of amides is 1. The molecule has 1 N–H and O–H groups in total. The molecule has 0 radical (unpaired) electrons. The monoisotopic (exact) mass is 258 g/mol. The van der Waals surface area contributed by atoms with Crippen molar-refractivity contribution >= 4 is 11.9 Å². The lowest BCUT2D eigenvalue weighted by molar-refractivity contribution is -0.255. The summed E-state index contributed by atoms with van der Waals surface area (Å²) in [5.74, 6) is -0.885. The maximum absolute atomic E-state index is 11.8. The normalized spacial score (nSPS) is 10.2. The molecular weight excluding hydrogens is 246 g/mol. The maximum atomic E-state index is 11.8. The van der Waals surface area contributed by atoms with Crippen molar-refractivity contribution in [1.82, 2.24) is 5.32 Å². The first-order valence-electron chi connectivity index (χ1n) is 5.70. The molecular formula is C14H12NO4-. The molecule has 0 aliphatic rings. The standard InChI is InChI=1S/C14H13NO4/c1-9-12(6-7-19-9)13(16)15-8-10-2-4-11(5-3-10)14(17)18/h2-7H,8H2,1H3,(H,15,16)(H,17,18)/p-1. The smallest absolute Gasteiger partial charge is 0.255 e. The number of aromatic carboxylic acids is 1. The van der Waals surface area contributed by atoms with Gasteiger partial charge < -0.3 is 19.6 Å². The van der Waals surface area contributed by atoms with Crippen LogP contribution in [0.1, 0.15) is 32.0 Å². The van der Waals surface area contributed by atoms with E-state index >= 15 is 0 Å². The highest BCUT2D eigenvalue weighted by Gasteiger charge is 2.10. The number of carbonyl (C=O) groups excluding carboxylic acids is 2. The van der Waals surface area contributed by atoms with Gasteiger partial charge in [-0.2, -0.15) is 0 Å². The van der Waals surface area contributed by atoms with Crippen molar-refractivity contribution in [3.8, 4) is 0 Å². The number of furan rings is 1. The molecule has 1 amide bonds. The zero-order chi connectivity index (χ0) is 13.8. The van der Waals surface area contributed by atoms with E-state index in [-0.39, 0.29) is 11.5 Å². The van der Waals surface area contributed by atoms with Gasteiger partial charge in [0.2, 0.25) is 0 Å². The Kier molecular flexibility index (Phi) is 3.66. The molecule has 0 fully saturated rings. The van der Waals surface area contributed by atoms with Crippen molar-refractivity contribution in [3.63, 3.8) is 0 Å². The van der Waals surface area contributed by atoms with Gasteiger partial charge in [0.05, 0.1) is 17.8 Å². The number of carboxylic acid groups (broad SMARTS) is 1. The predicted octanol–water partition coefficient (Wildman–Crippen LogP) is 0.882. The summed E-state index contributed by atoms with van der Waals surface area (Å²) in [7, 11) is 0. The number of aryl methyl sites for hydroxylation is 1. The molecule has 5 nitrogen and oxygen atoms in total. The van der Waals surface area contributed by atoms with Gasteiger partial charge in [0.25, 0.3) is 5.91 Å². The van der Waals surface area contributed by atoms with E-state index in [0.29, 0.717) is 17.9 Å². The lowest BCUT2D eigenvalue weighted by atomic mass is 10.1. The van der Waals surface area contributed by atoms with Crippen molar-refractivity contribution in [2.24, 2.45) is 0 Å². The molecule has 0 bridgehead atoms. The fraction of sp³-hybridized carbons (Fsp3) is 0.143. The molecule has 0 unspecified atom stereocenters. The topological polar surface area (TPSA) is 82.4 Å². The van der Waals surface area contributed by atoms with Crippen molar-refractivity contribution < 1.29 is 19.1 Å². The number of rotatable bonds is 4. The van der Waals surface area contributed by atoms with E-state index in [9.17, 15) is 14.7 Å². The molecule has 2 aromatic rings. The Balaban J connectivity index is 1.97. The van der Waals surface area contributed by atoms with Crippen LogP contribution in [0.25, 0.3) is 0 Å². The lowest BCUT2D eigenvalue weighted by Crippen LogP contribution is -2.24. The minimum absolute atomic E-state index is 0.112. The van der Waals surface area contributed by atoms with Crippen LogP contribution in [0.2, 0.25) is 0 Å². The maximum Gasteiger partial charge on any atom is 0.255 e. The van der Waals surface area contributed by atoms with E-state index in [1.165, 1.54) is 18.4 Å². The number of carboxylic acids is 1. The molecule has 0 aliphatic carbocycles. The van der Waals surface area contributed by atoms with Crippen LogP contribution in [0.3, 0.4) is 0 Å². The van der Waals surface area contributed by atoms with Crippen LogP contribution in [-0.4, -0.2) is 11.9 Å². The van der Waals surface area contributed by atoms with Crippen LogP contribution < -0.4 is 10.4 Å². The number of benzene rings is 1. The Bertz CT molecular complexity index is 598. The zero-order valence-electron chi connectivity index (χ0n) is 10.3. The van der Waals surface area contributed by atoms with Gasteiger partial charge in [-0.3, -0.25) is 4.79 Å². The van der Waals surface area contributed by atoms with Crippen molar-refractivity contribution in [2.45, 2.75) is 13.5 Å². The number of nitrogens with one attached hydrogen (secondary N) is 1. The molecule has 0 atom stereocenters. The van der Waals surface area contributed by atoms with Gasteiger partial charge in [-0.1, -0.05) is 24.3 Å². The molecule has 0 saturated heterocycles.